The number of carbonyl (C=O) groups is 1. The Balaban J connectivity index is 1.64. The van der Waals surface area contributed by atoms with Crippen LogP contribution in [0.3, 0.4) is 0 Å². The topological polar surface area (TPSA) is 44.8 Å². The summed E-state index contributed by atoms with van der Waals surface area (Å²) in [5.74, 6) is 0.560. The highest BCUT2D eigenvalue weighted by atomic mass is 16.5. The second kappa shape index (κ2) is 9.52. The van der Waals surface area contributed by atoms with E-state index in [2.05, 4.69) is 55.3 Å². The van der Waals surface area contributed by atoms with Gasteiger partial charge < -0.3 is 19.9 Å². The molecule has 1 heterocycles. The molecule has 2 amide bonds. The van der Waals surface area contributed by atoms with Gasteiger partial charge in [0, 0.05) is 51.6 Å². The Labute approximate surface area is 146 Å². The first kappa shape index (κ1) is 18.6. The zero-order valence-electron chi connectivity index (χ0n) is 15.3. The van der Waals surface area contributed by atoms with E-state index in [4.69, 9.17) is 4.74 Å². The molecule has 0 unspecified atom stereocenters. The van der Waals surface area contributed by atoms with Gasteiger partial charge in [-0.15, -0.1) is 0 Å². The first-order chi connectivity index (χ1) is 11.6. The highest BCUT2D eigenvalue weighted by Crippen LogP contribution is 2.17. The average Bonchev–Trinajstić information content (AvgIpc) is 2.57. The lowest BCUT2D eigenvalue weighted by molar-refractivity contribution is 0.107. The normalized spacial score (nSPS) is 15.0. The Hall–Kier alpha value is -1.75. The number of ether oxygens (including phenoxy) is 1. The summed E-state index contributed by atoms with van der Waals surface area (Å²) in [6.45, 7) is 11.9. The van der Waals surface area contributed by atoms with E-state index in [0.29, 0.717) is 19.1 Å². The number of anilines is 1. The van der Waals surface area contributed by atoms with Crippen molar-refractivity contribution in [2.24, 2.45) is 5.92 Å². The highest BCUT2D eigenvalue weighted by molar-refractivity contribution is 5.74. The third-order valence-corrected chi connectivity index (χ3v) is 4.13. The van der Waals surface area contributed by atoms with Crippen molar-refractivity contribution in [2.75, 3.05) is 50.8 Å². The molecule has 0 saturated carbocycles. The Kier molecular flexibility index (Phi) is 7.37. The molecule has 1 aliphatic rings. The minimum absolute atomic E-state index is 0.0442. The van der Waals surface area contributed by atoms with Gasteiger partial charge in [0.15, 0.2) is 0 Å². The lowest BCUT2D eigenvalue weighted by Crippen LogP contribution is -2.52. The molecule has 1 fully saturated rings. The van der Waals surface area contributed by atoms with Crippen molar-refractivity contribution in [1.29, 1.82) is 0 Å². The lowest BCUT2D eigenvalue weighted by atomic mass is 10.2. The average molecular weight is 333 g/mol. The number of rotatable bonds is 7. The van der Waals surface area contributed by atoms with Crippen LogP contribution in [0, 0.1) is 12.8 Å². The molecule has 0 spiro atoms. The van der Waals surface area contributed by atoms with Gasteiger partial charge in [-0.1, -0.05) is 26.0 Å². The summed E-state index contributed by atoms with van der Waals surface area (Å²) >= 11 is 0. The molecule has 0 aliphatic carbocycles. The summed E-state index contributed by atoms with van der Waals surface area (Å²) in [5, 5.41) is 2.99. The summed E-state index contributed by atoms with van der Waals surface area (Å²) in [6, 6.07) is 8.58. The molecule has 0 aromatic heterocycles. The first-order valence-electron chi connectivity index (χ1n) is 8.98. The number of amides is 2. The smallest absolute Gasteiger partial charge is 0.317 e. The molecule has 2 rings (SSSR count). The van der Waals surface area contributed by atoms with E-state index in [1.807, 2.05) is 4.90 Å². The number of benzene rings is 1. The second-order valence-corrected chi connectivity index (χ2v) is 6.87. The molecule has 1 aliphatic heterocycles. The summed E-state index contributed by atoms with van der Waals surface area (Å²) in [7, 11) is 0. The van der Waals surface area contributed by atoms with Crippen LogP contribution in [0.1, 0.15) is 25.8 Å². The zero-order valence-corrected chi connectivity index (χ0v) is 15.3. The van der Waals surface area contributed by atoms with Gasteiger partial charge in [-0.25, -0.2) is 4.79 Å². The Bertz CT molecular complexity index is 511. The van der Waals surface area contributed by atoms with Crippen molar-refractivity contribution in [3.63, 3.8) is 0 Å². The molecule has 1 aromatic rings. The van der Waals surface area contributed by atoms with Crippen LogP contribution in [0.25, 0.3) is 0 Å². The molecular weight excluding hydrogens is 302 g/mol. The number of urea groups is 1. The van der Waals surface area contributed by atoms with Crippen molar-refractivity contribution >= 4 is 11.7 Å². The van der Waals surface area contributed by atoms with Crippen molar-refractivity contribution in [3.8, 4) is 0 Å². The fourth-order valence-electron chi connectivity index (χ4n) is 2.79. The first-order valence-corrected chi connectivity index (χ1v) is 8.98. The summed E-state index contributed by atoms with van der Waals surface area (Å²) < 4.78 is 5.52. The fourth-order valence-corrected chi connectivity index (χ4v) is 2.79. The van der Waals surface area contributed by atoms with Crippen LogP contribution in [0.5, 0.6) is 0 Å². The van der Waals surface area contributed by atoms with Crippen molar-refractivity contribution in [3.05, 3.63) is 29.8 Å². The minimum Gasteiger partial charge on any atom is -0.381 e. The predicted octanol–water partition coefficient (Wildman–Crippen LogP) is 2.89. The minimum atomic E-state index is 0.0442. The molecule has 5 heteroatoms. The Morgan fingerprint density at radius 3 is 2.67 bits per heavy atom. The van der Waals surface area contributed by atoms with E-state index in [-0.39, 0.29) is 6.03 Å². The van der Waals surface area contributed by atoms with E-state index >= 15 is 0 Å². The van der Waals surface area contributed by atoms with Crippen molar-refractivity contribution < 1.29 is 9.53 Å². The SMILES string of the molecule is Cc1cccc(N2CCN(C(=O)NCCCOCC(C)C)CC2)c1. The van der Waals surface area contributed by atoms with E-state index in [1.54, 1.807) is 0 Å². The van der Waals surface area contributed by atoms with Gasteiger partial charge in [-0.2, -0.15) is 0 Å². The highest BCUT2D eigenvalue weighted by Gasteiger charge is 2.20. The van der Waals surface area contributed by atoms with Gasteiger partial charge in [0.05, 0.1) is 0 Å². The van der Waals surface area contributed by atoms with Gasteiger partial charge in [0.1, 0.15) is 0 Å². The molecule has 5 nitrogen and oxygen atoms in total. The van der Waals surface area contributed by atoms with E-state index in [9.17, 15) is 4.79 Å². The second-order valence-electron chi connectivity index (χ2n) is 6.87. The molecule has 0 bridgehead atoms. The van der Waals surface area contributed by atoms with Crippen LogP contribution in [0.4, 0.5) is 10.5 Å². The maximum Gasteiger partial charge on any atom is 0.317 e. The number of hydrogen-bond donors (Lipinski definition) is 1. The maximum atomic E-state index is 12.2. The number of nitrogens with one attached hydrogen (secondary N) is 1. The zero-order chi connectivity index (χ0) is 17.4. The summed E-state index contributed by atoms with van der Waals surface area (Å²) in [5.41, 5.74) is 2.52. The van der Waals surface area contributed by atoms with E-state index in [0.717, 1.165) is 39.2 Å². The number of carbonyl (C=O) groups excluding carboxylic acids is 1. The molecule has 24 heavy (non-hydrogen) atoms. The lowest BCUT2D eigenvalue weighted by Gasteiger charge is -2.36. The molecule has 1 saturated heterocycles. The summed E-state index contributed by atoms with van der Waals surface area (Å²) in [6.07, 6.45) is 0.863. The van der Waals surface area contributed by atoms with Gasteiger partial charge in [-0.05, 0) is 37.0 Å². The third kappa shape index (κ3) is 6.04. The van der Waals surface area contributed by atoms with E-state index in [1.165, 1.54) is 11.3 Å². The maximum absolute atomic E-state index is 12.2. The van der Waals surface area contributed by atoms with Gasteiger partial charge >= 0.3 is 6.03 Å². The predicted molar refractivity (Wildman–Crippen MR) is 98.6 cm³/mol. The number of hydrogen-bond acceptors (Lipinski definition) is 3. The molecule has 1 aromatic carbocycles. The third-order valence-electron chi connectivity index (χ3n) is 4.13. The van der Waals surface area contributed by atoms with Crippen LogP contribution in [-0.2, 0) is 4.74 Å². The number of piperazine rings is 1. The number of nitrogens with zero attached hydrogens (tertiary/aromatic N) is 2. The Morgan fingerprint density at radius 2 is 2.00 bits per heavy atom. The largest absolute Gasteiger partial charge is 0.381 e. The van der Waals surface area contributed by atoms with Crippen LogP contribution in [0.2, 0.25) is 0 Å². The fraction of sp³-hybridized carbons (Fsp3) is 0.632. The molecular formula is C19H31N3O2. The molecule has 0 radical (unpaired) electrons. The van der Waals surface area contributed by atoms with E-state index < -0.39 is 0 Å². The number of aryl methyl sites for hydroxylation is 1. The van der Waals surface area contributed by atoms with Crippen molar-refractivity contribution in [1.82, 2.24) is 10.2 Å². The molecule has 134 valence electrons. The van der Waals surface area contributed by atoms with Gasteiger partial charge in [-0.3, -0.25) is 0 Å². The van der Waals surface area contributed by atoms with Gasteiger partial charge in [0.25, 0.3) is 0 Å². The van der Waals surface area contributed by atoms with Crippen LogP contribution in [0.15, 0.2) is 24.3 Å². The molecule has 0 atom stereocenters. The quantitative estimate of drug-likeness (QED) is 0.781. The van der Waals surface area contributed by atoms with Crippen LogP contribution in [-0.4, -0.2) is 56.9 Å². The van der Waals surface area contributed by atoms with Crippen LogP contribution < -0.4 is 10.2 Å². The molecule has 1 N–H and O–H groups in total. The van der Waals surface area contributed by atoms with Gasteiger partial charge in [0.2, 0.25) is 0 Å². The van der Waals surface area contributed by atoms with Crippen molar-refractivity contribution in [2.45, 2.75) is 27.2 Å². The Morgan fingerprint density at radius 1 is 1.25 bits per heavy atom. The standard InChI is InChI=1S/C19H31N3O2/c1-16(2)15-24-13-5-8-20-19(23)22-11-9-21(10-12-22)18-7-4-6-17(3)14-18/h4,6-7,14,16H,5,8-13,15H2,1-3H3,(H,20,23). The van der Waals surface area contributed by atoms with Crippen LogP contribution >= 0.6 is 0 Å². The summed E-state index contributed by atoms with van der Waals surface area (Å²) in [4.78, 5) is 16.4. The monoisotopic (exact) mass is 333 g/mol.